The summed E-state index contributed by atoms with van der Waals surface area (Å²) in [4.78, 5) is 11.8. The molecule has 0 spiro atoms. The number of para-hydroxylation sites is 2. The predicted molar refractivity (Wildman–Crippen MR) is 90.9 cm³/mol. The van der Waals surface area contributed by atoms with E-state index >= 15 is 0 Å². The van der Waals surface area contributed by atoms with E-state index in [1.807, 2.05) is 54.6 Å². The van der Waals surface area contributed by atoms with E-state index in [-0.39, 0.29) is 12.5 Å². The minimum atomic E-state index is -0.115. The molecule has 0 radical (unpaired) electrons. The predicted octanol–water partition coefficient (Wildman–Crippen LogP) is 3.21. The van der Waals surface area contributed by atoms with Gasteiger partial charge in [-0.1, -0.05) is 43.3 Å². The number of aryl methyl sites for hydroxylation is 1. The Morgan fingerprint density at radius 3 is 2.52 bits per heavy atom. The molecule has 0 bridgehead atoms. The summed E-state index contributed by atoms with van der Waals surface area (Å²) in [6.45, 7) is 3.25. The average molecular weight is 313 g/mol. The highest BCUT2D eigenvalue weighted by molar-refractivity contribution is 5.77. The number of hydrogen-bond donors (Lipinski definition) is 1. The second-order valence-corrected chi connectivity index (χ2v) is 5.11. The van der Waals surface area contributed by atoms with Gasteiger partial charge in [0.25, 0.3) is 5.91 Å². The smallest absolute Gasteiger partial charge is 0.257 e. The standard InChI is InChI=1S/C19H23NO3/c1-2-16-9-6-7-12-18(16)23-15-19(21)20-13-8-14-22-17-10-4-3-5-11-17/h3-7,9-12H,2,8,13-15H2,1H3,(H,20,21). The molecule has 0 aliphatic heterocycles. The first-order valence-electron chi connectivity index (χ1n) is 7.95. The maximum atomic E-state index is 11.8. The molecule has 0 atom stereocenters. The van der Waals surface area contributed by atoms with Gasteiger partial charge in [-0.15, -0.1) is 0 Å². The number of nitrogens with one attached hydrogen (secondary N) is 1. The molecule has 0 heterocycles. The molecule has 0 unspecified atom stereocenters. The van der Waals surface area contributed by atoms with Gasteiger partial charge in [-0.2, -0.15) is 0 Å². The molecule has 4 heteroatoms. The van der Waals surface area contributed by atoms with Crippen molar-refractivity contribution in [1.29, 1.82) is 0 Å². The van der Waals surface area contributed by atoms with E-state index in [4.69, 9.17) is 9.47 Å². The van der Waals surface area contributed by atoms with Crippen LogP contribution in [0.15, 0.2) is 54.6 Å². The Labute approximate surface area is 137 Å². The van der Waals surface area contributed by atoms with Gasteiger partial charge in [0.05, 0.1) is 6.61 Å². The lowest BCUT2D eigenvalue weighted by molar-refractivity contribution is -0.123. The van der Waals surface area contributed by atoms with Crippen LogP contribution in [0.1, 0.15) is 18.9 Å². The third-order valence-electron chi connectivity index (χ3n) is 3.37. The average Bonchev–Trinajstić information content (AvgIpc) is 2.60. The third kappa shape index (κ3) is 6.02. The van der Waals surface area contributed by atoms with Crippen LogP contribution in [0.25, 0.3) is 0 Å². The summed E-state index contributed by atoms with van der Waals surface area (Å²) in [5.41, 5.74) is 1.11. The van der Waals surface area contributed by atoms with Gasteiger partial charge in [0.2, 0.25) is 0 Å². The monoisotopic (exact) mass is 313 g/mol. The van der Waals surface area contributed by atoms with Crippen molar-refractivity contribution in [3.05, 3.63) is 60.2 Å². The second-order valence-electron chi connectivity index (χ2n) is 5.11. The number of carbonyl (C=O) groups excluding carboxylic acids is 1. The molecule has 0 saturated heterocycles. The zero-order chi connectivity index (χ0) is 16.3. The van der Waals surface area contributed by atoms with E-state index < -0.39 is 0 Å². The van der Waals surface area contributed by atoms with E-state index in [0.717, 1.165) is 29.9 Å². The Balaban J connectivity index is 1.60. The molecule has 0 saturated carbocycles. The van der Waals surface area contributed by atoms with Crippen LogP contribution in [-0.2, 0) is 11.2 Å². The summed E-state index contributed by atoms with van der Waals surface area (Å²) in [7, 11) is 0. The number of hydrogen-bond acceptors (Lipinski definition) is 3. The summed E-state index contributed by atoms with van der Waals surface area (Å²) < 4.78 is 11.1. The van der Waals surface area contributed by atoms with E-state index in [1.165, 1.54) is 0 Å². The minimum absolute atomic E-state index is 0.0382. The zero-order valence-corrected chi connectivity index (χ0v) is 13.5. The number of carbonyl (C=O) groups is 1. The van der Waals surface area contributed by atoms with Crippen molar-refractivity contribution in [2.45, 2.75) is 19.8 Å². The largest absolute Gasteiger partial charge is 0.494 e. The van der Waals surface area contributed by atoms with Crippen molar-refractivity contribution in [2.24, 2.45) is 0 Å². The summed E-state index contributed by atoms with van der Waals surface area (Å²) in [5, 5.41) is 2.83. The van der Waals surface area contributed by atoms with E-state index in [0.29, 0.717) is 13.2 Å². The van der Waals surface area contributed by atoms with Gasteiger partial charge < -0.3 is 14.8 Å². The number of benzene rings is 2. The zero-order valence-electron chi connectivity index (χ0n) is 13.5. The molecule has 0 fully saturated rings. The second kappa shape index (κ2) is 9.51. The van der Waals surface area contributed by atoms with Gasteiger partial charge in [0.1, 0.15) is 11.5 Å². The Hall–Kier alpha value is -2.49. The lowest BCUT2D eigenvalue weighted by Crippen LogP contribution is -2.30. The maximum Gasteiger partial charge on any atom is 0.257 e. The third-order valence-corrected chi connectivity index (χ3v) is 3.37. The highest BCUT2D eigenvalue weighted by Crippen LogP contribution is 2.17. The van der Waals surface area contributed by atoms with E-state index in [9.17, 15) is 4.79 Å². The Morgan fingerprint density at radius 2 is 1.74 bits per heavy atom. The Morgan fingerprint density at radius 1 is 1.00 bits per heavy atom. The van der Waals surface area contributed by atoms with Crippen molar-refractivity contribution in [1.82, 2.24) is 5.32 Å². The van der Waals surface area contributed by atoms with Gasteiger partial charge in [-0.25, -0.2) is 0 Å². The summed E-state index contributed by atoms with van der Waals surface area (Å²) in [5.74, 6) is 1.51. The highest BCUT2D eigenvalue weighted by Gasteiger charge is 2.05. The highest BCUT2D eigenvalue weighted by atomic mass is 16.5. The lowest BCUT2D eigenvalue weighted by atomic mass is 10.1. The van der Waals surface area contributed by atoms with Gasteiger partial charge in [0.15, 0.2) is 6.61 Å². The van der Waals surface area contributed by atoms with Crippen molar-refractivity contribution < 1.29 is 14.3 Å². The molecule has 0 aliphatic rings. The summed E-state index contributed by atoms with van der Waals surface area (Å²) >= 11 is 0. The minimum Gasteiger partial charge on any atom is -0.494 e. The SMILES string of the molecule is CCc1ccccc1OCC(=O)NCCCOc1ccccc1. The first-order chi connectivity index (χ1) is 11.3. The molecule has 0 aliphatic carbocycles. The van der Waals surface area contributed by atoms with Gasteiger partial charge in [-0.3, -0.25) is 4.79 Å². The molecule has 2 aromatic rings. The molecule has 0 aromatic heterocycles. The van der Waals surface area contributed by atoms with Crippen LogP contribution in [-0.4, -0.2) is 25.7 Å². The molecular formula is C19H23NO3. The van der Waals surface area contributed by atoms with Crippen LogP contribution in [0.2, 0.25) is 0 Å². The molecule has 4 nitrogen and oxygen atoms in total. The maximum absolute atomic E-state index is 11.8. The summed E-state index contributed by atoms with van der Waals surface area (Å²) in [6, 6.07) is 17.4. The van der Waals surface area contributed by atoms with Crippen LogP contribution in [0.4, 0.5) is 0 Å². The molecule has 2 rings (SSSR count). The van der Waals surface area contributed by atoms with Crippen LogP contribution in [0, 0.1) is 0 Å². The molecule has 122 valence electrons. The topological polar surface area (TPSA) is 47.6 Å². The normalized spacial score (nSPS) is 10.1. The summed E-state index contributed by atoms with van der Waals surface area (Å²) in [6.07, 6.45) is 1.64. The molecule has 23 heavy (non-hydrogen) atoms. The molecular weight excluding hydrogens is 290 g/mol. The van der Waals surface area contributed by atoms with Crippen molar-refractivity contribution >= 4 is 5.91 Å². The first kappa shape index (κ1) is 16.9. The van der Waals surface area contributed by atoms with Crippen molar-refractivity contribution in [2.75, 3.05) is 19.8 Å². The van der Waals surface area contributed by atoms with Gasteiger partial charge in [-0.05, 0) is 36.6 Å². The van der Waals surface area contributed by atoms with Crippen molar-refractivity contribution in [3.63, 3.8) is 0 Å². The van der Waals surface area contributed by atoms with Crippen molar-refractivity contribution in [3.8, 4) is 11.5 Å². The molecule has 1 N–H and O–H groups in total. The number of amides is 1. The lowest BCUT2D eigenvalue weighted by Gasteiger charge is -2.10. The Kier molecular flexibility index (Phi) is 6.98. The number of ether oxygens (including phenoxy) is 2. The van der Waals surface area contributed by atoms with E-state index in [1.54, 1.807) is 0 Å². The van der Waals surface area contributed by atoms with Gasteiger partial charge in [0, 0.05) is 6.54 Å². The van der Waals surface area contributed by atoms with Crippen LogP contribution < -0.4 is 14.8 Å². The van der Waals surface area contributed by atoms with Crippen LogP contribution >= 0.6 is 0 Å². The fourth-order valence-electron chi connectivity index (χ4n) is 2.14. The van der Waals surface area contributed by atoms with Crippen LogP contribution in [0.3, 0.4) is 0 Å². The first-order valence-corrected chi connectivity index (χ1v) is 7.95. The quantitative estimate of drug-likeness (QED) is 0.723. The van der Waals surface area contributed by atoms with Crippen LogP contribution in [0.5, 0.6) is 11.5 Å². The molecule has 1 amide bonds. The van der Waals surface area contributed by atoms with Gasteiger partial charge >= 0.3 is 0 Å². The molecule has 2 aromatic carbocycles. The fourth-order valence-corrected chi connectivity index (χ4v) is 2.14. The Bertz CT molecular complexity index is 599. The fraction of sp³-hybridized carbons (Fsp3) is 0.316. The number of rotatable bonds is 9. The van der Waals surface area contributed by atoms with E-state index in [2.05, 4.69) is 12.2 Å².